The van der Waals surface area contributed by atoms with Crippen LogP contribution < -0.4 is 10.2 Å². The molecule has 0 fully saturated rings. The van der Waals surface area contributed by atoms with Gasteiger partial charge in [-0.2, -0.15) is 0 Å². The molecule has 0 aromatic carbocycles. The van der Waals surface area contributed by atoms with Gasteiger partial charge in [-0.1, -0.05) is 308 Å². The predicted molar refractivity (Wildman–Crippen MR) is 358 cm³/mol. The Morgan fingerprint density at radius 1 is 0.410 bits per heavy atom. The van der Waals surface area contributed by atoms with Crippen LogP contribution in [-0.2, 0) is 27.9 Å². The van der Waals surface area contributed by atoms with Crippen molar-refractivity contribution >= 4 is 19.7 Å². The summed E-state index contributed by atoms with van der Waals surface area (Å²) in [6, 6.07) is -0.887. The topological polar surface area (TPSA) is 114 Å². The van der Waals surface area contributed by atoms with Crippen molar-refractivity contribution in [1.29, 1.82) is 0 Å². The molecule has 0 bridgehead atoms. The van der Waals surface area contributed by atoms with Gasteiger partial charge >= 0.3 is 5.97 Å². The van der Waals surface area contributed by atoms with Crippen molar-refractivity contribution in [3.63, 3.8) is 0 Å². The van der Waals surface area contributed by atoms with Gasteiger partial charge in [-0.25, -0.2) is 0 Å². The highest BCUT2D eigenvalue weighted by Crippen LogP contribution is 2.38. The summed E-state index contributed by atoms with van der Waals surface area (Å²) in [6.07, 6.45) is 78.4. The third-order valence-electron chi connectivity index (χ3n) is 16.5. The second-order valence-electron chi connectivity index (χ2n) is 26.1. The normalized spacial score (nSPS) is 13.7. The minimum Gasteiger partial charge on any atom is -0.756 e. The second-order valence-corrected chi connectivity index (χ2v) is 27.5. The summed E-state index contributed by atoms with van der Waals surface area (Å²) in [5, 5.41) is 3.05. The number of rotatable bonds is 67. The van der Waals surface area contributed by atoms with Crippen molar-refractivity contribution in [2.24, 2.45) is 0 Å². The van der Waals surface area contributed by atoms with Gasteiger partial charge in [0.15, 0.2) is 0 Å². The van der Waals surface area contributed by atoms with Crippen molar-refractivity contribution in [3.05, 3.63) is 36.5 Å². The molecule has 9 nitrogen and oxygen atoms in total. The van der Waals surface area contributed by atoms with E-state index in [0.717, 1.165) is 57.8 Å². The smallest absolute Gasteiger partial charge is 0.306 e. The first-order valence-electron chi connectivity index (χ1n) is 36.3. The lowest BCUT2D eigenvalue weighted by molar-refractivity contribution is -0.870. The number of unbranched alkanes of at least 4 members (excludes halogenated alkanes) is 47. The molecule has 0 aliphatic heterocycles. The highest BCUT2D eigenvalue weighted by atomic mass is 31.2. The minimum absolute atomic E-state index is 0.0198. The number of likely N-dealkylation sites (N-methyl/N-ethyl adjacent to an activating group) is 1. The van der Waals surface area contributed by atoms with Crippen LogP contribution in [0.1, 0.15) is 367 Å². The van der Waals surface area contributed by atoms with Crippen molar-refractivity contribution in [2.75, 3.05) is 40.9 Å². The van der Waals surface area contributed by atoms with E-state index in [1.165, 1.54) is 276 Å². The molecular weight excluding hydrogens is 1050 g/mol. The first-order chi connectivity index (χ1) is 40.4. The molecule has 1 N–H and O–H groups in total. The first-order valence-corrected chi connectivity index (χ1v) is 37.8. The monoisotopic (exact) mass is 1190 g/mol. The van der Waals surface area contributed by atoms with Gasteiger partial charge in [0, 0.05) is 12.8 Å². The summed E-state index contributed by atoms with van der Waals surface area (Å²) in [6.45, 7) is 6.90. The lowest BCUT2D eigenvalue weighted by atomic mass is 10.0. The molecule has 490 valence electrons. The minimum atomic E-state index is -4.70. The van der Waals surface area contributed by atoms with Gasteiger partial charge in [-0.05, 0) is 83.1 Å². The van der Waals surface area contributed by atoms with E-state index < -0.39 is 20.0 Å². The van der Waals surface area contributed by atoms with E-state index in [9.17, 15) is 19.0 Å². The van der Waals surface area contributed by atoms with Crippen LogP contribution in [0.15, 0.2) is 36.5 Å². The maximum absolute atomic E-state index is 13.6. The number of allylic oxidation sites excluding steroid dienone is 5. The van der Waals surface area contributed by atoms with E-state index >= 15 is 0 Å². The van der Waals surface area contributed by atoms with Crippen LogP contribution in [-0.4, -0.2) is 69.4 Å². The summed E-state index contributed by atoms with van der Waals surface area (Å²) in [4.78, 5) is 40.2. The summed E-state index contributed by atoms with van der Waals surface area (Å²) in [7, 11) is 1.20. The zero-order valence-corrected chi connectivity index (χ0v) is 57.1. The number of nitrogens with one attached hydrogen (secondary N) is 1. The maximum Gasteiger partial charge on any atom is 0.306 e. The molecule has 1 amide bonds. The Labute approximate surface area is 516 Å². The molecule has 0 aliphatic rings. The molecule has 0 aliphatic carbocycles. The number of carbonyl (C=O) groups is 2. The SMILES string of the molecule is CCCCCCCC/C=C/CCCCCCCCCCCCCCCC(=O)OC(/C=C/CCCCCCCCCCCCC)C(COP(=O)([O-])OCC[N+](C)(C)C)NC(=O)CCCCCCCCCCCCC/C=C/CCCCCCCC. The number of quaternary nitrogens is 1. The van der Waals surface area contributed by atoms with Crippen LogP contribution in [0.5, 0.6) is 0 Å². The third kappa shape index (κ3) is 64.5. The number of carbonyl (C=O) groups excluding carboxylic acids is 2. The van der Waals surface area contributed by atoms with Gasteiger partial charge in [0.25, 0.3) is 7.82 Å². The number of phosphoric acid groups is 1. The van der Waals surface area contributed by atoms with Crippen LogP contribution in [0.25, 0.3) is 0 Å². The molecule has 0 radical (unpaired) electrons. The van der Waals surface area contributed by atoms with Gasteiger partial charge in [0.1, 0.15) is 19.3 Å². The number of phosphoric ester groups is 1. The Kier molecular flexibility index (Phi) is 61.9. The van der Waals surface area contributed by atoms with E-state index in [4.69, 9.17) is 13.8 Å². The van der Waals surface area contributed by atoms with Gasteiger partial charge in [0.05, 0.1) is 33.8 Å². The fourth-order valence-corrected chi connectivity index (χ4v) is 11.7. The number of amides is 1. The van der Waals surface area contributed by atoms with Gasteiger partial charge < -0.3 is 28.5 Å². The first kappa shape index (κ1) is 81.2. The van der Waals surface area contributed by atoms with Gasteiger partial charge in [-0.3, -0.25) is 14.2 Å². The number of hydrogen-bond acceptors (Lipinski definition) is 7. The van der Waals surface area contributed by atoms with E-state index in [-0.39, 0.29) is 31.5 Å². The summed E-state index contributed by atoms with van der Waals surface area (Å²) >= 11 is 0. The average Bonchev–Trinajstić information content (AvgIpc) is 3.47. The Bertz CT molecular complexity index is 1510. The largest absolute Gasteiger partial charge is 0.756 e. The van der Waals surface area contributed by atoms with Crippen LogP contribution >= 0.6 is 7.82 Å². The molecular formula is C73H141N2O7P. The molecule has 10 heteroatoms. The van der Waals surface area contributed by atoms with Crippen LogP contribution in [0.3, 0.4) is 0 Å². The lowest BCUT2D eigenvalue weighted by Crippen LogP contribution is -2.47. The fourth-order valence-electron chi connectivity index (χ4n) is 10.9. The summed E-state index contributed by atoms with van der Waals surface area (Å²) in [5.41, 5.74) is 0. The molecule has 3 unspecified atom stereocenters. The van der Waals surface area contributed by atoms with Crippen molar-refractivity contribution in [3.8, 4) is 0 Å². The molecule has 3 atom stereocenters. The standard InChI is InChI=1S/C73H141N2O7P/c1-7-10-13-16-19-22-25-28-30-32-34-36-37-39-41-43-45-48-51-54-57-60-63-66-73(77)82-71(64-61-58-55-52-49-46-27-24-21-18-15-12-9-3)70(69-81-83(78,79)80-68-67-75(4,5)6)74-72(76)65-62-59-56-53-50-47-44-42-40-38-35-33-31-29-26-23-20-17-14-11-8-2/h28-31,61,64,70-71H,7-27,32-60,62-63,65-69H2,1-6H3,(H-,74,76,78,79)/b30-28+,31-29+,64-61+. The van der Waals surface area contributed by atoms with E-state index in [1.807, 2.05) is 33.3 Å². The van der Waals surface area contributed by atoms with Crippen LogP contribution in [0, 0.1) is 0 Å². The van der Waals surface area contributed by atoms with Crippen LogP contribution in [0.2, 0.25) is 0 Å². The quantitative estimate of drug-likeness (QED) is 0.0212. The Hall–Kier alpha value is -1.77. The second kappa shape index (κ2) is 63.3. The van der Waals surface area contributed by atoms with Gasteiger partial charge in [0.2, 0.25) is 5.91 Å². The number of esters is 1. The predicted octanol–water partition coefficient (Wildman–Crippen LogP) is 22.4. The molecule has 0 saturated heterocycles. The molecule has 0 aromatic heterocycles. The lowest BCUT2D eigenvalue weighted by Gasteiger charge is -2.30. The Morgan fingerprint density at radius 3 is 1.02 bits per heavy atom. The highest BCUT2D eigenvalue weighted by Gasteiger charge is 2.27. The molecule has 83 heavy (non-hydrogen) atoms. The summed E-state index contributed by atoms with van der Waals surface area (Å²) in [5.74, 6) is -0.522. The molecule has 0 heterocycles. The van der Waals surface area contributed by atoms with E-state index in [0.29, 0.717) is 17.4 Å². The number of ether oxygens (including phenoxy) is 1. The number of nitrogens with zero attached hydrogens (tertiary/aromatic N) is 1. The van der Waals surface area contributed by atoms with E-state index in [1.54, 1.807) is 0 Å². The van der Waals surface area contributed by atoms with E-state index in [2.05, 4.69) is 50.4 Å². The van der Waals surface area contributed by atoms with Crippen molar-refractivity contribution in [1.82, 2.24) is 5.32 Å². The van der Waals surface area contributed by atoms with Gasteiger partial charge in [-0.15, -0.1) is 0 Å². The molecule has 0 aromatic rings. The zero-order valence-electron chi connectivity index (χ0n) is 56.2. The molecule has 0 saturated carbocycles. The Balaban J connectivity index is 5.07. The molecule has 0 spiro atoms. The zero-order chi connectivity index (χ0) is 60.7. The van der Waals surface area contributed by atoms with Crippen molar-refractivity contribution < 1.29 is 37.3 Å². The maximum atomic E-state index is 13.6. The average molecular weight is 1190 g/mol. The fraction of sp³-hybridized carbons (Fsp3) is 0.890. The number of hydrogen-bond donors (Lipinski definition) is 1. The highest BCUT2D eigenvalue weighted by molar-refractivity contribution is 7.45. The molecule has 0 rings (SSSR count). The Morgan fingerprint density at radius 2 is 0.699 bits per heavy atom. The van der Waals surface area contributed by atoms with Crippen LogP contribution in [0.4, 0.5) is 0 Å². The van der Waals surface area contributed by atoms with Crippen molar-refractivity contribution in [2.45, 2.75) is 380 Å². The third-order valence-corrected chi connectivity index (χ3v) is 17.5. The summed E-state index contributed by atoms with van der Waals surface area (Å²) < 4.78 is 30.5.